The van der Waals surface area contributed by atoms with Crippen LogP contribution in [0.15, 0.2) is 36.4 Å². The van der Waals surface area contributed by atoms with Crippen LogP contribution in [-0.4, -0.2) is 12.5 Å². The van der Waals surface area contributed by atoms with Gasteiger partial charge in [-0.25, -0.2) is 13.2 Å². The summed E-state index contributed by atoms with van der Waals surface area (Å²) in [6.45, 7) is -0.457. The molecule has 7 heteroatoms. The number of amides is 1. The van der Waals surface area contributed by atoms with E-state index in [4.69, 9.17) is 10.5 Å². The molecule has 0 heterocycles. The highest BCUT2D eigenvalue weighted by molar-refractivity contribution is 5.94. The summed E-state index contributed by atoms with van der Waals surface area (Å²) >= 11 is 0. The molecular formula is C14H11F3N2O2. The summed E-state index contributed by atoms with van der Waals surface area (Å²) in [6, 6.07) is 6.41. The van der Waals surface area contributed by atoms with Gasteiger partial charge in [0.25, 0.3) is 5.91 Å². The van der Waals surface area contributed by atoms with Crippen molar-refractivity contribution in [1.82, 2.24) is 0 Å². The number of hydrogen-bond acceptors (Lipinski definition) is 3. The fourth-order valence-corrected chi connectivity index (χ4v) is 1.54. The Morgan fingerprint density at radius 1 is 1.10 bits per heavy atom. The smallest absolute Gasteiger partial charge is 0.262 e. The Labute approximate surface area is 118 Å². The molecule has 0 saturated carbocycles. The van der Waals surface area contributed by atoms with E-state index in [9.17, 15) is 18.0 Å². The largest absolute Gasteiger partial charge is 0.484 e. The Hall–Kier alpha value is -2.70. The van der Waals surface area contributed by atoms with Crippen molar-refractivity contribution >= 4 is 17.3 Å². The van der Waals surface area contributed by atoms with Gasteiger partial charge in [-0.2, -0.15) is 0 Å². The fourth-order valence-electron chi connectivity index (χ4n) is 1.54. The number of anilines is 2. The normalized spacial score (nSPS) is 10.2. The van der Waals surface area contributed by atoms with Gasteiger partial charge in [0.15, 0.2) is 18.2 Å². The molecule has 0 radical (unpaired) electrons. The molecule has 1 amide bonds. The summed E-state index contributed by atoms with van der Waals surface area (Å²) in [6.07, 6.45) is 0. The van der Waals surface area contributed by atoms with Crippen LogP contribution in [0.4, 0.5) is 24.5 Å². The third-order valence-corrected chi connectivity index (χ3v) is 2.55. The maximum atomic E-state index is 13.0. The molecule has 0 saturated heterocycles. The number of nitrogens with two attached hydrogens (primary N) is 1. The number of benzene rings is 2. The number of carbonyl (C=O) groups excluding carboxylic acids is 1. The lowest BCUT2D eigenvalue weighted by molar-refractivity contribution is -0.118. The van der Waals surface area contributed by atoms with Crippen molar-refractivity contribution in [2.45, 2.75) is 0 Å². The van der Waals surface area contributed by atoms with E-state index in [1.807, 2.05) is 0 Å². The van der Waals surface area contributed by atoms with Crippen LogP contribution in [0, 0.1) is 17.5 Å². The van der Waals surface area contributed by atoms with Crippen LogP contribution in [0.3, 0.4) is 0 Å². The predicted molar refractivity (Wildman–Crippen MR) is 71.3 cm³/mol. The van der Waals surface area contributed by atoms with Gasteiger partial charge < -0.3 is 15.8 Å². The average Bonchev–Trinajstić information content (AvgIpc) is 2.44. The van der Waals surface area contributed by atoms with Crippen LogP contribution >= 0.6 is 0 Å². The maximum Gasteiger partial charge on any atom is 0.262 e. The van der Waals surface area contributed by atoms with Crippen LogP contribution in [0.25, 0.3) is 0 Å². The standard InChI is InChI=1S/C14H11F3N2O2/c15-8-1-4-12(18)13(5-8)19-14(20)7-21-9-2-3-10(16)11(17)6-9/h1-6H,7,18H2,(H,19,20). The molecule has 2 aromatic carbocycles. The summed E-state index contributed by atoms with van der Waals surface area (Å²) in [5, 5.41) is 2.35. The van der Waals surface area contributed by atoms with E-state index in [0.29, 0.717) is 0 Å². The molecule has 0 bridgehead atoms. The first-order chi connectivity index (χ1) is 9.95. The molecule has 21 heavy (non-hydrogen) atoms. The van der Waals surface area contributed by atoms with Gasteiger partial charge in [-0.1, -0.05) is 0 Å². The predicted octanol–water partition coefficient (Wildman–Crippen LogP) is 2.70. The SMILES string of the molecule is Nc1ccc(F)cc1NC(=O)COc1ccc(F)c(F)c1. The van der Waals surface area contributed by atoms with Gasteiger partial charge in [0.2, 0.25) is 0 Å². The molecule has 0 spiro atoms. The van der Waals surface area contributed by atoms with Gasteiger partial charge >= 0.3 is 0 Å². The van der Waals surface area contributed by atoms with Crippen molar-refractivity contribution in [2.24, 2.45) is 0 Å². The molecule has 110 valence electrons. The first kappa shape index (κ1) is 14.7. The number of carbonyl (C=O) groups is 1. The Morgan fingerprint density at radius 3 is 2.57 bits per heavy atom. The number of hydrogen-bond donors (Lipinski definition) is 2. The number of nitrogens with one attached hydrogen (secondary N) is 1. The van der Waals surface area contributed by atoms with Crippen LogP contribution in [-0.2, 0) is 4.79 Å². The van der Waals surface area contributed by atoms with Crippen LogP contribution < -0.4 is 15.8 Å². The van der Waals surface area contributed by atoms with E-state index in [1.54, 1.807) is 0 Å². The lowest BCUT2D eigenvalue weighted by Gasteiger charge is -2.09. The van der Waals surface area contributed by atoms with Gasteiger partial charge in [0.1, 0.15) is 11.6 Å². The molecule has 3 N–H and O–H groups in total. The lowest BCUT2D eigenvalue weighted by atomic mass is 10.2. The van der Waals surface area contributed by atoms with E-state index in [0.717, 1.165) is 24.3 Å². The highest BCUT2D eigenvalue weighted by Crippen LogP contribution is 2.19. The molecule has 0 aliphatic carbocycles. The average molecular weight is 296 g/mol. The summed E-state index contributed by atoms with van der Waals surface area (Å²) in [5.74, 6) is -3.27. The van der Waals surface area contributed by atoms with Crippen molar-refractivity contribution in [3.8, 4) is 5.75 Å². The van der Waals surface area contributed by atoms with E-state index in [1.165, 1.54) is 12.1 Å². The molecule has 2 rings (SSSR count). The highest BCUT2D eigenvalue weighted by atomic mass is 19.2. The minimum absolute atomic E-state index is 0.00346. The van der Waals surface area contributed by atoms with Gasteiger partial charge in [-0.3, -0.25) is 4.79 Å². The molecule has 0 atom stereocenters. The fraction of sp³-hybridized carbons (Fsp3) is 0.0714. The van der Waals surface area contributed by atoms with Crippen LogP contribution in [0.1, 0.15) is 0 Å². The Bertz CT molecular complexity index is 677. The van der Waals surface area contributed by atoms with Gasteiger partial charge in [0.05, 0.1) is 11.4 Å². The zero-order valence-electron chi connectivity index (χ0n) is 10.7. The summed E-state index contributed by atoms with van der Waals surface area (Å²) in [7, 11) is 0. The first-order valence-electron chi connectivity index (χ1n) is 5.88. The molecule has 0 unspecified atom stereocenters. The number of nitrogen functional groups attached to an aromatic ring is 1. The maximum absolute atomic E-state index is 13.0. The monoisotopic (exact) mass is 296 g/mol. The van der Waals surface area contributed by atoms with E-state index >= 15 is 0 Å². The van der Waals surface area contributed by atoms with Crippen molar-refractivity contribution < 1.29 is 22.7 Å². The zero-order valence-corrected chi connectivity index (χ0v) is 10.7. The topological polar surface area (TPSA) is 64.3 Å². The third-order valence-electron chi connectivity index (χ3n) is 2.55. The number of rotatable bonds is 4. The molecule has 0 aromatic heterocycles. The zero-order chi connectivity index (χ0) is 15.4. The second kappa shape index (κ2) is 6.17. The van der Waals surface area contributed by atoms with E-state index in [-0.39, 0.29) is 17.1 Å². The van der Waals surface area contributed by atoms with Gasteiger partial charge in [-0.05, 0) is 30.3 Å². The molecular weight excluding hydrogens is 285 g/mol. The molecule has 2 aromatic rings. The Morgan fingerprint density at radius 2 is 1.86 bits per heavy atom. The van der Waals surface area contributed by atoms with E-state index < -0.39 is 30.0 Å². The Kier molecular flexibility index (Phi) is 4.32. The van der Waals surface area contributed by atoms with Gasteiger partial charge in [0, 0.05) is 6.07 Å². The summed E-state index contributed by atoms with van der Waals surface area (Å²) in [4.78, 5) is 11.6. The molecule has 0 fully saturated rings. The van der Waals surface area contributed by atoms with Crippen molar-refractivity contribution in [3.05, 3.63) is 53.8 Å². The van der Waals surface area contributed by atoms with Gasteiger partial charge in [-0.15, -0.1) is 0 Å². The Balaban J connectivity index is 1.95. The quantitative estimate of drug-likeness (QED) is 0.853. The summed E-state index contributed by atoms with van der Waals surface area (Å²) in [5.41, 5.74) is 5.87. The van der Waals surface area contributed by atoms with Crippen LogP contribution in [0.5, 0.6) is 5.75 Å². The molecule has 0 aliphatic rings. The molecule has 4 nitrogen and oxygen atoms in total. The van der Waals surface area contributed by atoms with Crippen molar-refractivity contribution in [2.75, 3.05) is 17.7 Å². The number of halogens is 3. The minimum Gasteiger partial charge on any atom is -0.484 e. The van der Waals surface area contributed by atoms with Crippen LogP contribution in [0.2, 0.25) is 0 Å². The second-order valence-corrected chi connectivity index (χ2v) is 4.14. The van der Waals surface area contributed by atoms with Crippen molar-refractivity contribution in [3.63, 3.8) is 0 Å². The number of ether oxygens (including phenoxy) is 1. The first-order valence-corrected chi connectivity index (χ1v) is 5.88. The second-order valence-electron chi connectivity index (χ2n) is 4.14. The minimum atomic E-state index is -1.08. The summed E-state index contributed by atoms with van der Waals surface area (Å²) < 4.78 is 43.7. The molecule has 0 aliphatic heterocycles. The lowest BCUT2D eigenvalue weighted by Crippen LogP contribution is -2.21. The van der Waals surface area contributed by atoms with Crippen molar-refractivity contribution in [1.29, 1.82) is 0 Å². The van der Waals surface area contributed by atoms with E-state index in [2.05, 4.69) is 5.32 Å². The third kappa shape index (κ3) is 3.88. The highest BCUT2D eigenvalue weighted by Gasteiger charge is 2.09.